The maximum atomic E-state index is 12.9. The predicted molar refractivity (Wildman–Crippen MR) is 122 cm³/mol. The first-order valence-corrected chi connectivity index (χ1v) is 12.5. The Morgan fingerprint density at radius 3 is 2.06 bits per heavy atom. The van der Waals surface area contributed by atoms with Crippen molar-refractivity contribution in [3.63, 3.8) is 0 Å². The lowest BCUT2D eigenvalue weighted by Crippen LogP contribution is -2.48. The van der Waals surface area contributed by atoms with Gasteiger partial charge in [-0.3, -0.25) is 4.90 Å². The molecule has 178 valence electrons. The van der Waals surface area contributed by atoms with Gasteiger partial charge in [-0.1, -0.05) is 48.5 Å². The molecule has 1 N–H and O–H groups in total. The van der Waals surface area contributed by atoms with E-state index in [4.69, 9.17) is 0 Å². The molecule has 1 atom stereocenters. The van der Waals surface area contributed by atoms with Crippen LogP contribution in [0, 0.1) is 0 Å². The highest BCUT2D eigenvalue weighted by Crippen LogP contribution is 2.46. The van der Waals surface area contributed by atoms with Gasteiger partial charge in [0.1, 0.15) is 5.75 Å². The van der Waals surface area contributed by atoms with Crippen molar-refractivity contribution in [1.29, 1.82) is 0 Å². The van der Waals surface area contributed by atoms with E-state index < -0.39 is 22.1 Å². The SMILES string of the molecule is O=S(=O)(N[C@H]1CCCN(C2c3ccccc3-c3ccccc32)C1)c1ccc(OC(F)(F)F)cc1. The fraction of sp³-hybridized carbons (Fsp3) is 0.280. The third-order valence-electron chi connectivity index (χ3n) is 6.31. The summed E-state index contributed by atoms with van der Waals surface area (Å²) in [6.45, 7) is 1.37. The van der Waals surface area contributed by atoms with Crippen LogP contribution in [-0.4, -0.2) is 38.8 Å². The summed E-state index contributed by atoms with van der Waals surface area (Å²) in [6.07, 6.45) is -3.32. The fourth-order valence-electron chi connectivity index (χ4n) is 4.97. The van der Waals surface area contributed by atoms with E-state index >= 15 is 0 Å². The molecule has 1 aliphatic heterocycles. The van der Waals surface area contributed by atoms with Crippen LogP contribution in [0.2, 0.25) is 0 Å². The van der Waals surface area contributed by atoms with Crippen molar-refractivity contribution < 1.29 is 26.3 Å². The molecule has 0 radical (unpaired) electrons. The van der Waals surface area contributed by atoms with Gasteiger partial charge in [-0.15, -0.1) is 13.2 Å². The Morgan fingerprint density at radius 2 is 1.47 bits per heavy atom. The van der Waals surface area contributed by atoms with Gasteiger partial charge in [0.15, 0.2) is 0 Å². The molecule has 5 rings (SSSR count). The molecule has 5 nitrogen and oxygen atoms in total. The number of hydrogen-bond acceptors (Lipinski definition) is 4. The van der Waals surface area contributed by atoms with Crippen LogP contribution in [0.5, 0.6) is 5.75 Å². The van der Waals surface area contributed by atoms with Crippen molar-refractivity contribution in [3.05, 3.63) is 83.9 Å². The van der Waals surface area contributed by atoms with E-state index in [1.807, 2.05) is 24.3 Å². The van der Waals surface area contributed by atoms with E-state index in [1.54, 1.807) is 0 Å². The molecular weight excluding hydrogens is 465 g/mol. The second-order valence-corrected chi connectivity index (χ2v) is 10.3. The number of piperidine rings is 1. The predicted octanol–water partition coefficient (Wildman–Crippen LogP) is 5.10. The first kappa shape index (κ1) is 22.9. The van der Waals surface area contributed by atoms with Crippen LogP contribution in [0.3, 0.4) is 0 Å². The molecule has 0 saturated carbocycles. The van der Waals surface area contributed by atoms with Gasteiger partial charge in [-0.25, -0.2) is 13.1 Å². The van der Waals surface area contributed by atoms with Crippen molar-refractivity contribution in [2.75, 3.05) is 13.1 Å². The molecule has 0 bridgehead atoms. The molecule has 0 unspecified atom stereocenters. The summed E-state index contributed by atoms with van der Waals surface area (Å²) in [5, 5.41) is 0. The van der Waals surface area contributed by atoms with Crippen LogP contribution < -0.4 is 9.46 Å². The van der Waals surface area contributed by atoms with E-state index in [2.05, 4.69) is 38.6 Å². The first-order valence-electron chi connectivity index (χ1n) is 11.0. The highest BCUT2D eigenvalue weighted by Gasteiger charge is 2.36. The summed E-state index contributed by atoms with van der Waals surface area (Å²) in [6, 6.07) is 20.5. The standard InChI is InChI=1S/C25H23F3N2O3S/c26-25(27,28)33-18-11-13-19(14-12-18)34(31,32)29-17-6-5-15-30(16-17)24-22-9-3-1-7-20(22)21-8-2-4-10-23(21)24/h1-4,7-14,17,24,29H,5-6,15-16H2/t17-/m0/s1. The van der Waals surface area contributed by atoms with Crippen molar-refractivity contribution in [2.24, 2.45) is 0 Å². The average Bonchev–Trinajstić information content (AvgIpc) is 3.13. The van der Waals surface area contributed by atoms with Crippen molar-refractivity contribution in [2.45, 2.75) is 36.2 Å². The molecule has 2 aliphatic rings. The minimum Gasteiger partial charge on any atom is -0.406 e. The van der Waals surface area contributed by atoms with E-state index in [-0.39, 0.29) is 17.0 Å². The van der Waals surface area contributed by atoms with Crippen LogP contribution in [-0.2, 0) is 10.0 Å². The van der Waals surface area contributed by atoms with Gasteiger partial charge >= 0.3 is 6.36 Å². The van der Waals surface area contributed by atoms with Crippen LogP contribution >= 0.6 is 0 Å². The molecular formula is C25H23F3N2O3S. The second kappa shape index (κ2) is 8.72. The Bertz CT molecular complexity index is 1250. The van der Waals surface area contributed by atoms with E-state index in [9.17, 15) is 21.6 Å². The molecule has 3 aromatic rings. The number of nitrogens with zero attached hydrogens (tertiary/aromatic N) is 1. The zero-order valence-electron chi connectivity index (χ0n) is 18.1. The number of fused-ring (bicyclic) bond motifs is 3. The molecule has 1 saturated heterocycles. The number of rotatable bonds is 5. The lowest BCUT2D eigenvalue weighted by Gasteiger charge is -2.37. The third-order valence-corrected chi connectivity index (χ3v) is 7.84. The summed E-state index contributed by atoms with van der Waals surface area (Å²) >= 11 is 0. The van der Waals surface area contributed by atoms with Gasteiger partial charge in [0, 0.05) is 12.6 Å². The topological polar surface area (TPSA) is 58.6 Å². The Hall–Kier alpha value is -2.88. The molecule has 1 aliphatic carbocycles. The number of benzene rings is 3. The number of ether oxygens (including phenoxy) is 1. The summed E-state index contributed by atoms with van der Waals surface area (Å²) in [5.74, 6) is -0.464. The fourth-order valence-corrected chi connectivity index (χ4v) is 6.23. The van der Waals surface area contributed by atoms with Crippen LogP contribution in [0.4, 0.5) is 13.2 Å². The highest BCUT2D eigenvalue weighted by atomic mass is 32.2. The lowest BCUT2D eigenvalue weighted by molar-refractivity contribution is -0.274. The van der Waals surface area contributed by atoms with Gasteiger partial charge in [0.2, 0.25) is 10.0 Å². The first-order chi connectivity index (χ1) is 16.2. The van der Waals surface area contributed by atoms with Crippen molar-refractivity contribution in [1.82, 2.24) is 9.62 Å². The Labute approximate surface area is 196 Å². The van der Waals surface area contributed by atoms with Gasteiger partial charge in [0.05, 0.1) is 10.9 Å². The van der Waals surface area contributed by atoms with Gasteiger partial charge in [0.25, 0.3) is 0 Å². The number of likely N-dealkylation sites (tertiary alicyclic amines) is 1. The number of hydrogen-bond donors (Lipinski definition) is 1. The zero-order valence-corrected chi connectivity index (χ0v) is 18.9. The molecule has 0 amide bonds. The molecule has 34 heavy (non-hydrogen) atoms. The Balaban J connectivity index is 1.33. The highest BCUT2D eigenvalue weighted by molar-refractivity contribution is 7.89. The number of halogens is 3. The Kier molecular flexibility index (Phi) is 5.87. The lowest BCUT2D eigenvalue weighted by atomic mass is 9.98. The normalized spacial score (nSPS) is 19.0. The second-order valence-electron chi connectivity index (χ2n) is 8.55. The minimum absolute atomic E-state index is 0.0542. The summed E-state index contributed by atoms with van der Waals surface area (Å²) in [4.78, 5) is 2.21. The zero-order chi connectivity index (χ0) is 23.9. The van der Waals surface area contributed by atoms with E-state index in [0.717, 1.165) is 37.2 Å². The quantitative estimate of drug-likeness (QED) is 0.543. The largest absolute Gasteiger partial charge is 0.573 e. The summed E-state index contributed by atoms with van der Waals surface area (Å²) in [5.41, 5.74) is 4.83. The smallest absolute Gasteiger partial charge is 0.406 e. The molecule has 0 aromatic heterocycles. The molecule has 9 heteroatoms. The summed E-state index contributed by atoms with van der Waals surface area (Å²) < 4.78 is 69.6. The number of sulfonamides is 1. The van der Waals surface area contributed by atoms with Crippen molar-refractivity contribution >= 4 is 10.0 Å². The summed E-state index contributed by atoms with van der Waals surface area (Å²) in [7, 11) is -3.90. The van der Waals surface area contributed by atoms with E-state index in [1.165, 1.54) is 22.3 Å². The van der Waals surface area contributed by atoms with E-state index in [0.29, 0.717) is 13.0 Å². The molecule has 1 heterocycles. The third kappa shape index (κ3) is 4.55. The number of nitrogens with one attached hydrogen (secondary N) is 1. The van der Waals surface area contributed by atoms with Crippen LogP contribution in [0.25, 0.3) is 11.1 Å². The molecule has 0 spiro atoms. The minimum atomic E-state index is -4.83. The maximum absolute atomic E-state index is 12.9. The average molecular weight is 489 g/mol. The molecule has 1 fully saturated rings. The van der Waals surface area contributed by atoms with Crippen LogP contribution in [0.15, 0.2) is 77.7 Å². The molecule has 3 aromatic carbocycles. The Morgan fingerprint density at radius 1 is 0.882 bits per heavy atom. The van der Waals surface area contributed by atoms with Gasteiger partial charge in [-0.05, 0) is 65.9 Å². The maximum Gasteiger partial charge on any atom is 0.573 e. The monoisotopic (exact) mass is 488 g/mol. The van der Waals surface area contributed by atoms with Crippen LogP contribution in [0.1, 0.15) is 30.0 Å². The van der Waals surface area contributed by atoms with Gasteiger partial charge in [-0.2, -0.15) is 0 Å². The number of alkyl halides is 3. The van der Waals surface area contributed by atoms with Crippen molar-refractivity contribution in [3.8, 4) is 16.9 Å². The van der Waals surface area contributed by atoms with Gasteiger partial charge < -0.3 is 4.74 Å².